The summed E-state index contributed by atoms with van der Waals surface area (Å²) < 4.78 is 2.33. The molecule has 0 aromatic heterocycles. The predicted octanol–water partition coefficient (Wildman–Crippen LogP) is 7.82. The summed E-state index contributed by atoms with van der Waals surface area (Å²) in [4.78, 5) is 0. The van der Waals surface area contributed by atoms with Gasteiger partial charge in [0.15, 0.2) is 0 Å². The van der Waals surface area contributed by atoms with Gasteiger partial charge in [0.1, 0.15) is 0 Å². The first-order valence-corrected chi connectivity index (χ1v) is 9.45. The van der Waals surface area contributed by atoms with Crippen molar-refractivity contribution >= 4 is 74.9 Å². The van der Waals surface area contributed by atoms with Crippen LogP contribution in [0.4, 0.5) is 0 Å². The van der Waals surface area contributed by atoms with Crippen molar-refractivity contribution in [3.05, 3.63) is 81.7 Å². The quantitative estimate of drug-likeness (QED) is 0.172. The molecule has 0 nitrogen and oxygen atoms in total. The van der Waals surface area contributed by atoms with Gasteiger partial charge in [0.25, 0.3) is 0 Å². The van der Waals surface area contributed by atoms with Gasteiger partial charge in [0, 0.05) is 19.7 Å². The number of benzene rings is 5. The molecule has 0 heterocycles. The molecule has 0 aliphatic heterocycles. The molecule has 0 unspecified atom stereocenters. The molecular formula is C22H12Br2. The van der Waals surface area contributed by atoms with Crippen LogP contribution in [0.15, 0.2) is 81.7 Å². The lowest BCUT2D eigenvalue weighted by molar-refractivity contribution is 1.74. The van der Waals surface area contributed by atoms with Gasteiger partial charge in [-0.05, 0) is 64.2 Å². The maximum atomic E-state index is 3.90. The van der Waals surface area contributed by atoms with E-state index in [4.69, 9.17) is 0 Å². The summed E-state index contributed by atoms with van der Waals surface area (Å²) in [5.41, 5.74) is 0. The van der Waals surface area contributed by atoms with E-state index in [1.807, 2.05) is 0 Å². The van der Waals surface area contributed by atoms with Gasteiger partial charge in [-0.1, -0.05) is 72.8 Å². The van der Waals surface area contributed by atoms with Crippen LogP contribution in [0.5, 0.6) is 0 Å². The van der Waals surface area contributed by atoms with Gasteiger partial charge < -0.3 is 0 Å². The second-order valence-electron chi connectivity index (χ2n) is 6.01. The molecule has 0 N–H and O–H groups in total. The normalized spacial score (nSPS) is 11.8. The van der Waals surface area contributed by atoms with Crippen LogP contribution >= 0.6 is 31.9 Å². The molecule has 5 rings (SSSR count). The van der Waals surface area contributed by atoms with Crippen molar-refractivity contribution in [3.8, 4) is 0 Å². The number of fused-ring (bicyclic) bond motifs is 7. The lowest BCUT2D eigenvalue weighted by atomic mass is 9.92. The molecule has 0 saturated carbocycles. The fourth-order valence-corrected chi connectivity index (χ4v) is 5.25. The summed E-state index contributed by atoms with van der Waals surface area (Å²) in [5, 5.41) is 10.2. The third-order valence-corrected chi connectivity index (χ3v) is 6.42. The minimum atomic E-state index is 1.17. The molecule has 0 saturated heterocycles. The zero-order chi connectivity index (χ0) is 16.3. The molecule has 0 aliphatic carbocycles. The largest absolute Gasteiger partial charge is 0.0616 e. The first kappa shape index (κ1) is 14.4. The van der Waals surface area contributed by atoms with Crippen LogP contribution in [0.1, 0.15) is 0 Å². The summed E-state index contributed by atoms with van der Waals surface area (Å²) in [7, 11) is 0. The lowest BCUT2D eigenvalue weighted by Gasteiger charge is -2.15. The topological polar surface area (TPSA) is 0 Å². The van der Waals surface area contributed by atoms with Crippen molar-refractivity contribution in [1.29, 1.82) is 0 Å². The number of rotatable bonds is 0. The highest BCUT2D eigenvalue weighted by atomic mass is 79.9. The van der Waals surface area contributed by atoms with Gasteiger partial charge in [0.2, 0.25) is 0 Å². The molecule has 2 heteroatoms. The Morgan fingerprint density at radius 1 is 0.375 bits per heavy atom. The summed E-state index contributed by atoms with van der Waals surface area (Å²) in [6.45, 7) is 0. The van der Waals surface area contributed by atoms with E-state index in [1.54, 1.807) is 0 Å². The van der Waals surface area contributed by atoms with E-state index in [1.165, 1.54) is 52.0 Å². The van der Waals surface area contributed by atoms with E-state index in [9.17, 15) is 0 Å². The standard InChI is InChI=1S/C22H12Br2/c23-21-17-11-5-6-12-18(17)22(24)20-16-10-4-2-8-14(16)13-7-1-3-9-15(13)19(20)21/h1-12H. The van der Waals surface area contributed by atoms with Crippen molar-refractivity contribution in [1.82, 2.24) is 0 Å². The molecule has 5 aromatic carbocycles. The van der Waals surface area contributed by atoms with E-state index in [2.05, 4.69) is 105 Å². The van der Waals surface area contributed by atoms with Crippen molar-refractivity contribution < 1.29 is 0 Å². The molecule has 24 heavy (non-hydrogen) atoms. The van der Waals surface area contributed by atoms with Gasteiger partial charge in [-0.15, -0.1) is 0 Å². The Bertz CT molecular complexity index is 1170. The molecule has 0 spiro atoms. The van der Waals surface area contributed by atoms with E-state index in [-0.39, 0.29) is 0 Å². The molecule has 0 fully saturated rings. The minimum Gasteiger partial charge on any atom is -0.0616 e. The van der Waals surface area contributed by atoms with E-state index < -0.39 is 0 Å². The summed E-state index contributed by atoms with van der Waals surface area (Å²) >= 11 is 7.81. The van der Waals surface area contributed by atoms with E-state index in [0.29, 0.717) is 0 Å². The van der Waals surface area contributed by atoms with Gasteiger partial charge in [-0.2, -0.15) is 0 Å². The fraction of sp³-hybridized carbons (Fsp3) is 0. The molecule has 0 amide bonds. The molecule has 5 aromatic rings. The molecule has 0 aliphatic rings. The number of halogens is 2. The Labute approximate surface area is 156 Å². The van der Waals surface area contributed by atoms with Gasteiger partial charge in [-0.3, -0.25) is 0 Å². The molecular weight excluding hydrogens is 424 g/mol. The molecule has 0 bridgehead atoms. The fourth-order valence-electron chi connectivity index (χ4n) is 3.73. The zero-order valence-corrected chi connectivity index (χ0v) is 15.9. The van der Waals surface area contributed by atoms with Gasteiger partial charge in [-0.25, -0.2) is 0 Å². The maximum Gasteiger partial charge on any atom is 0.0339 e. The monoisotopic (exact) mass is 434 g/mol. The highest BCUT2D eigenvalue weighted by Crippen LogP contribution is 2.46. The van der Waals surface area contributed by atoms with Crippen molar-refractivity contribution in [2.75, 3.05) is 0 Å². The third kappa shape index (κ3) is 1.84. The minimum absolute atomic E-state index is 1.17. The van der Waals surface area contributed by atoms with Gasteiger partial charge >= 0.3 is 0 Å². The van der Waals surface area contributed by atoms with Crippen molar-refractivity contribution in [2.45, 2.75) is 0 Å². The van der Waals surface area contributed by atoms with Crippen LogP contribution in [-0.2, 0) is 0 Å². The van der Waals surface area contributed by atoms with Crippen LogP contribution in [0.3, 0.4) is 0 Å². The first-order chi connectivity index (χ1) is 11.8. The van der Waals surface area contributed by atoms with Crippen LogP contribution in [0.25, 0.3) is 43.1 Å². The Hall–Kier alpha value is -1.90. The van der Waals surface area contributed by atoms with Gasteiger partial charge in [0.05, 0.1) is 0 Å². The second-order valence-corrected chi connectivity index (χ2v) is 7.60. The second kappa shape index (κ2) is 5.30. The number of hydrogen-bond donors (Lipinski definition) is 0. The smallest absolute Gasteiger partial charge is 0.0339 e. The van der Waals surface area contributed by atoms with Crippen LogP contribution in [-0.4, -0.2) is 0 Å². The molecule has 0 atom stereocenters. The van der Waals surface area contributed by atoms with Crippen LogP contribution in [0, 0.1) is 0 Å². The third-order valence-electron chi connectivity index (χ3n) is 4.77. The Morgan fingerprint density at radius 2 is 0.667 bits per heavy atom. The lowest BCUT2D eigenvalue weighted by Crippen LogP contribution is -1.88. The van der Waals surface area contributed by atoms with Crippen LogP contribution < -0.4 is 0 Å². The average molecular weight is 436 g/mol. The Balaban J connectivity index is 2.26. The first-order valence-electron chi connectivity index (χ1n) is 7.86. The average Bonchev–Trinajstić information content (AvgIpc) is 2.65. The van der Waals surface area contributed by atoms with Crippen molar-refractivity contribution in [2.24, 2.45) is 0 Å². The molecule has 0 radical (unpaired) electrons. The van der Waals surface area contributed by atoms with Crippen molar-refractivity contribution in [3.63, 3.8) is 0 Å². The summed E-state index contributed by atoms with van der Waals surface area (Å²) in [5.74, 6) is 0. The SMILES string of the molecule is Brc1c2ccccc2c(Br)c2c3ccccc3c3ccccc3c12. The van der Waals surface area contributed by atoms with Crippen LogP contribution in [0.2, 0.25) is 0 Å². The maximum absolute atomic E-state index is 3.90. The Kier molecular flexibility index (Phi) is 3.19. The van der Waals surface area contributed by atoms with E-state index in [0.717, 1.165) is 0 Å². The zero-order valence-electron chi connectivity index (χ0n) is 12.7. The highest BCUT2D eigenvalue weighted by molar-refractivity contribution is 9.11. The highest BCUT2D eigenvalue weighted by Gasteiger charge is 2.16. The summed E-state index contributed by atoms with van der Waals surface area (Å²) in [6.07, 6.45) is 0. The Morgan fingerprint density at radius 3 is 1.04 bits per heavy atom. The van der Waals surface area contributed by atoms with E-state index >= 15 is 0 Å². The molecule has 114 valence electrons. The summed E-state index contributed by atoms with van der Waals surface area (Å²) in [6, 6.07) is 25.9. The predicted molar refractivity (Wildman–Crippen MR) is 112 cm³/mol. The number of hydrogen-bond acceptors (Lipinski definition) is 0.